The van der Waals surface area contributed by atoms with Crippen molar-refractivity contribution in [3.8, 4) is 11.6 Å². The maximum atomic E-state index is 11.3. The number of carbonyl (C=O) groups excluding carboxylic acids is 1. The number of hydrogen-bond donors (Lipinski definition) is 1. The average Bonchev–Trinajstić information content (AvgIpc) is 2.47. The van der Waals surface area contributed by atoms with Gasteiger partial charge in [0.25, 0.3) is 0 Å². The van der Waals surface area contributed by atoms with Gasteiger partial charge in [-0.3, -0.25) is 10.1 Å². The summed E-state index contributed by atoms with van der Waals surface area (Å²) in [5.74, 6) is -0.822. The number of methoxy groups -OCH3 is 1. The number of nitro groups is 1. The summed E-state index contributed by atoms with van der Waals surface area (Å²) in [6, 6.07) is 5.82. The van der Waals surface area contributed by atoms with Crippen LogP contribution in [0.15, 0.2) is 30.6 Å². The number of anilines is 1. The van der Waals surface area contributed by atoms with Gasteiger partial charge in [0.05, 0.1) is 17.6 Å². The molecule has 0 radical (unpaired) electrons. The van der Waals surface area contributed by atoms with Crippen LogP contribution in [0.5, 0.6) is 11.6 Å². The Balaban J connectivity index is 2.29. The van der Waals surface area contributed by atoms with Crippen molar-refractivity contribution in [2.24, 2.45) is 0 Å². The van der Waals surface area contributed by atoms with Crippen LogP contribution in [-0.2, 0) is 4.74 Å². The van der Waals surface area contributed by atoms with Crippen LogP contribution in [0.4, 0.5) is 11.5 Å². The van der Waals surface area contributed by atoms with Gasteiger partial charge in [0, 0.05) is 0 Å². The summed E-state index contributed by atoms with van der Waals surface area (Å²) in [6.07, 6.45) is 1.06. The minimum atomic E-state index is -0.729. The lowest BCUT2D eigenvalue weighted by Crippen LogP contribution is -2.03. The molecule has 0 aliphatic heterocycles. The summed E-state index contributed by atoms with van der Waals surface area (Å²) in [7, 11) is 1.26. The van der Waals surface area contributed by atoms with Crippen LogP contribution in [0.25, 0.3) is 0 Å². The molecule has 0 fully saturated rings. The first-order valence-corrected chi connectivity index (χ1v) is 5.64. The normalized spacial score (nSPS) is 9.95. The van der Waals surface area contributed by atoms with Crippen LogP contribution < -0.4 is 10.5 Å². The van der Waals surface area contributed by atoms with Gasteiger partial charge in [0.1, 0.15) is 12.1 Å². The van der Waals surface area contributed by atoms with Crippen molar-refractivity contribution in [2.45, 2.75) is 0 Å². The highest BCUT2D eigenvalue weighted by Gasteiger charge is 2.23. The van der Waals surface area contributed by atoms with Gasteiger partial charge in [0.15, 0.2) is 0 Å². The van der Waals surface area contributed by atoms with Gasteiger partial charge in [-0.2, -0.15) is 4.98 Å². The number of carbonyl (C=O) groups is 1. The molecule has 2 aromatic rings. The molecule has 0 saturated carbocycles. The van der Waals surface area contributed by atoms with Gasteiger partial charge in [-0.15, -0.1) is 0 Å². The third-order valence-corrected chi connectivity index (χ3v) is 2.49. The van der Waals surface area contributed by atoms with E-state index >= 15 is 0 Å². The van der Waals surface area contributed by atoms with Crippen molar-refractivity contribution in [2.75, 3.05) is 12.8 Å². The second-order valence-corrected chi connectivity index (χ2v) is 3.79. The second kappa shape index (κ2) is 5.82. The molecule has 108 valence electrons. The minimum absolute atomic E-state index is 0.254. The maximum absolute atomic E-state index is 11.3. The molecule has 1 aromatic heterocycles. The summed E-state index contributed by atoms with van der Waals surface area (Å²) < 4.78 is 9.85. The lowest BCUT2D eigenvalue weighted by Gasteiger charge is -2.06. The molecule has 1 heterocycles. The van der Waals surface area contributed by atoms with Crippen molar-refractivity contribution < 1.29 is 19.2 Å². The van der Waals surface area contributed by atoms with E-state index in [9.17, 15) is 14.9 Å². The van der Waals surface area contributed by atoms with E-state index < -0.39 is 16.6 Å². The van der Waals surface area contributed by atoms with Gasteiger partial charge in [-0.1, -0.05) is 0 Å². The zero-order valence-corrected chi connectivity index (χ0v) is 10.8. The average molecular weight is 290 g/mol. The zero-order valence-electron chi connectivity index (χ0n) is 10.8. The second-order valence-electron chi connectivity index (χ2n) is 3.79. The molecule has 0 atom stereocenters. The Bertz CT molecular complexity index is 687. The molecule has 21 heavy (non-hydrogen) atoms. The third kappa shape index (κ3) is 3.03. The molecule has 0 amide bonds. The van der Waals surface area contributed by atoms with Crippen molar-refractivity contribution in [1.82, 2.24) is 9.97 Å². The molecular formula is C12H10N4O5. The van der Waals surface area contributed by atoms with E-state index in [1.165, 1.54) is 31.4 Å². The lowest BCUT2D eigenvalue weighted by molar-refractivity contribution is -0.385. The highest BCUT2D eigenvalue weighted by molar-refractivity contribution is 5.89. The molecule has 0 spiro atoms. The van der Waals surface area contributed by atoms with Crippen molar-refractivity contribution in [1.29, 1.82) is 0 Å². The zero-order chi connectivity index (χ0) is 15.4. The predicted molar refractivity (Wildman–Crippen MR) is 71.0 cm³/mol. The van der Waals surface area contributed by atoms with Crippen LogP contribution in [0.2, 0.25) is 0 Å². The van der Waals surface area contributed by atoms with E-state index in [1.807, 2.05) is 0 Å². The van der Waals surface area contributed by atoms with Crippen molar-refractivity contribution in [3.05, 3.63) is 46.3 Å². The minimum Gasteiger partial charge on any atom is -0.465 e. The summed E-state index contributed by atoms with van der Waals surface area (Å²) >= 11 is 0. The first-order valence-electron chi connectivity index (χ1n) is 5.64. The number of benzene rings is 1. The number of ether oxygens (including phenoxy) is 2. The monoisotopic (exact) mass is 290 g/mol. The van der Waals surface area contributed by atoms with E-state index in [4.69, 9.17) is 10.5 Å². The number of hydrogen-bond acceptors (Lipinski definition) is 8. The molecule has 2 rings (SSSR count). The van der Waals surface area contributed by atoms with Crippen LogP contribution in [-0.4, -0.2) is 28.0 Å². The lowest BCUT2D eigenvalue weighted by atomic mass is 10.2. The molecule has 2 N–H and O–H groups in total. The molecule has 9 heteroatoms. The fourth-order valence-corrected chi connectivity index (χ4v) is 1.51. The van der Waals surface area contributed by atoms with Crippen LogP contribution in [0, 0.1) is 10.1 Å². The smallest absolute Gasteiger partial charge is 0.372 e. The van der Waals surface area contributed by atoms with Gasteiger partial charge < -0.3 is 15.2 Å². The Kier molecular flexibility index (Phi) is 3.93. The van der Waals surface area contributed by atoms with E-state index in [1.54, 1.807) is 0 Å². The summed E-state index contributed by atoms with van der Waals surface area (Å²) in [6.45, 7) is 0. The van der Waals surface area contributed by atoms with E-state index in [0.29, 0.717) is 5.56 Å². The number of aromatic nitrogens is 2. The number of nitrogens with zero attached hydrogens (tertiary/aromatic N) is 3. The Morgan fingerprint density at radius 3 is 2.52 bits per heavy atom. The fraction of sp³-hybridized carbons (Fsp3) is 0.0833. The summed E-state index contributed by atoms with van der Waals surface area (Å²) in [4.78, 5) is 28.7. The van der Waals surface area contributed by atoms with Crippen molar-refractivity contribution in [3.63, 3.8) is 0 Å². The molecule has 0 unspecified atom stereocenters. The molecule has 1 aromatic carbocycles. The highest BCUT2D eigenvalue weighted by Crippen LogP contribution is 2.32. The van der Waals surface area contributed by atoms with Crippen LogP contribution in [0.1, 0.15) is 10.4 Å². The standard InChI is InChI=1S/C12H10N4O5/c1-20-12(17)7-2-4-8(5-3-7)21-11-9(16(18)19)10(13)14-6-15-11/h2-6H,1H3,(H2,13,14,15). The number of rotatable bonds is 4. The fourth-order valence-electron chi connectivity index (χ4n) is 1.51. The maximum Gasteiger partial charge on any atom is 0.372 e. The Hall–Kier alpha value is -3.23. The molecule has 0 bridgehead atoms. The van der Waals surface area contributed by atoms with Gasteiger partial charge in [-0.25, -0.2) is 9.78 Å². The largest absolute Gasteiger partial charge is 0.465 e. The highest BCUT2D eigenvalue weighted by atomic mass is 16.6. The molecule has 0 saturated heterocycles. The Labute approximate surface area is 118 Å². The summed E-state index contributed by atoms with van der Waals surface area (Å²) in [5.41, 5.74) is 5.23. The van der Waals surface area contributed by atoms with Gasteiger partial charge in [0.2, 0.25) is 5.82 Å². The summed E-state index contributed by atoms with van der Waals surface area (Å²) in [5, 5.41) is 10.9. The van der Waals surface area contributed by atoms with E-state index in [0.717, 1.165) is 6.33 Å². The predicted octanol–water partition coefficient (Wildman–Crippen LogP) is 1.55. The van der Waals surface area contributed by atoms with Crippen molar-refractivity contribution >= 4 is 17.5 Å². The van der Waals surface area contributed by atoms with Gasteiger partial charge >= 0.3 is 17.5 Å². The number of esters is 1. The quantitative estimate of drug-likeness (QED) is 0.509. The van der Waals surface area contributed by atoms with E-state index in [2.05, 4.69) is 14.7 Å². The SMILES string of the molecule is COC(=O)c1ccc(Oc2ncnc(N)c2[N+](=O)[O-])cc1. The first kappa shape index (κ1) is 14.2. The van der Waals surface area contributed by atoms with Gasteiger partial charge in [-0.05, 0) is 24.3 Å². The number of nitrogen functional groups attached to an aromatic ring is 1. The number of nitrogens with two attached hydrogens (primary N) is 1. The Morgan fingerprint density at radius 1 is 1.29 bits per heavy atom. The Morgan fingerprint density at radius 2 is 1.95 bits per heavy atom. The topological polar surface area (TPSA) is 130 Å². The molecular weight excluding hydrogens is 280 g/mol. The third-order valence-electron chi connectivity index (χ3n) is 2.49. The van der Waals surface area contributed by atoms with Crippen LogP contribution >= 0.6 is 0 Å². The molecule has 0 aliphatic rings. The first-order chi connectivity index (χ1) is 10.0. The molecule has 0 aliphatic carbocycles. The molecule has 9 nitrogen and oxygen atoms in total. The van der Waals surface area contributed by atoms with E-state index in [-0.39, 0.29) is 17.4 Å². The van der Waals surface area contributed by atoms with Crippen LogP contribution in [0.3, 0.4) is 0 Å².